The van der Waals surface area contributed by atoms with Crippen molar-refractivity contribution >= 4 is 13.5 Å². The maximum Gasteiger partial charge on any atom is 0 e. The molecule has 0 amide bonds. The van der Waals surface area contributed by atoms with E-state index in [1.165, 1.54) is 0 Å². The molecule has 0 heterocycles. The van der Waals surface area contributed by atoms with Crippen LogP contribution >= 0.6 is 13.5 Å². The minimum atomic E-state index is 0. The van der Waals surface area contributed by atoms with E-state index in [-0.39, 0.29) is 71.4 Å². The van der Waals surface area contributed by atoms with E-state index in [0.29, 0.717) is 0 Å². The van der Waals surface area contributed by atoms with E-state index in [9.17, 15) is 0 Å². The zero-order valence-corrected chi connectivity index (χ0v) is 7.92. The quantitative estimate of drug-likeness (QED) is 0.530. The molecule has 4 heavy (non-hydrogen) atoms. The van der Waals surface area contributed by atoms with Crippen LogP contribution in [0, 0.1) is 0 Å². The van der Waals surface area contributed by atoms with Crippen LogP contribution in [0.2, 0.25) is 0 Å². The molecule has 0 atom stereocenters. The van der Waals surface area contributed by atoms with Gasteiger partial charge in [-0.25, -0.2) is 0 Å². The minimum absolute atomic E-state index is 0. The van der Waals surface area contributed by atoms with Crippen molar-refractivity contribution in [2.45, 2.75) is 0 Å². The predicted molar refractivity (Wildman–Crippen MR) is 14.0 cm³/mol. The predicted octanol–water partition coefficient (Wildman–Crippen LogP) is -0.717. The maximum atomic E-state index is 0. The molecule has 0 bridgehead atoms. The van der Waals surface area contributed by atoms with E-state index < -0.39 is 0 Å². The van der Waals surface area contributed by atoms with Crippen molar-refractivity contribution in [2.75, 3.05) is 0 Å². The Morgan fingerprint density at radius 1 is 0.750 bits per heavy atom. The Labute approximate surface area is 70.5 Å². The smallest absolute Gasteiger partial charge is 0 e. The number of hydrogen-bond acceptors (Lipinski definition) is 0. The summed E-state index contributed by atoms with van der Waals surface area (Å²) in [5.41, 5.74) is 0. The van der Waals surface area contributed by atoms with Gasteiger partial charge in [-0.15, -0.1) is 0 Å². The van der Waals surface area contributed by atoms with Gasteiger partial charge in [0.05, 0.1) is 0 Å². The summed E-state index contributed by atoms with van der Waals surface area (Å²) < 4.78 is 0. The van der Waals surface area contributed by atoms with Crippen LogP contribution in [0.1, 0.15) is 0 Å². The fourth-order valence-corrected chi connectivity index (χ4v) is 0. The van der Waals surface area contributed by atoms with Crippen LogP contribution in [0.4, 0.5) is 0 Å². The van der Waals surface area contributed by atoms with E-state index in [0.717, 1.165) is 0 Å². The standard InChI is InChI=1S/H2O.H2S.2Zr/h2*1H2;;. The van der Waals surface area contributed by atoms with E-state index in [1.54, 1.807) is 0 Å². The average molecular weight is 235 g/mol. The molecule has 0 aromatic rings. The molecular weight excluding hydrogens is 231 g/mol. The van der Waals surface area contributed by atoms with E-state index in [1.807, 2.05) is 0 Å². The Hall–Kier alpha value is 2.08. The van der Waals surface area contributed by atoms with Gasteiger partial charge in [-0.3, -0.25) is 0 Å². The third-order valence-electron chi connectivity index (χ3n) is 0. The second kappa shape index (κ2) is 19.6. The van der Waals surface area contributed by atoms with Gasteiger partial charge in [0.1, 0.15) is 0 Å². The van der Waals surface area contributed by atoms with Crippen molar-refractivity contribution in [3.8, 4) is 0 Å². The van der Waals surface area contributed by atoms with Crippen molar-refractivity contribution in [1.29, 1.82) is 0 Å². The Morgan fingerprint density at radius 3 is 0.750 bits per heavy atom. The van der Waals surface area contributed by atoms with Gasteiger partial charge in [0.2, 0.25) is 0 Å². The monoisotopic (exact) mass is 232 g/mol. The average Bonchev–Trinajstić information content (AvgIpc) is 0. The first-order chi connectivity index (χ1) is 0. The Morgan fingerprint density at radius 2 is 0.750 bits per heavy atom. The SMILES string of the molecule is O.S.[Zr].[Zr]. The summed E-state index contributed by atoms with van der Waals surface area (Å²) in [5.74, 6) is 0. The van der Waals surface area contributed by atoms with Gasteiger partial charge in [-0.2, -0.15) is 13.5 Å². The molecule has 0 rings (SSSR count). The number of hydrogen-bond donors (Lipinski definition) is 0. The zero-order valence-electron chi connectivity index (χ0n) is 2.00. The second-order valence-electron chi connectivity index (χ2n) is 0. The molecule has 0 aromatic carbocycles. The summed E-state index contributed by atoms with van der Waals surface area (Å²) in [5, 5.41) is 0. The zero-order chi connectivity index (χ0) is 0. The first kappa shape index (κ1) is 36.3. The van der Waals surface area contributed by atoms with Gasteiger partial charge >= 0.3 is 0 Å². The summed E-state index contributed by atoms with van der Waals surface area (Å²) in [6.07, 6.45) is 0. The van der Waals surface area contributed by atoms with Crippen molar-refractivity contribution in [3.05, 3.63) is 0 Å². The van der Waals surface area contributed by atoms with Crippen LogP contribution in [0.15, 0.2) is 0 Å². The van der Waals surface area contributed by atoms with Crippen molar-refractivity contribution < 1.29 is 57.9 Å². The van der Waals surface area contributed by atoms with Gasteiger partial charge in [0.25, 0.3) is 0 Å². The van der Waals surface area contributed by atoms with E-state index >= 15 is 0 Å². The fourth-order valence-electron chi connectivity index (χ4n) is 0. The van der Waals surface area contributed by atoms with Crippen molar-refractivity contribution in [2.24, 2.45) is 0 Å². The van der Waals surface area contributed by atoms with E-state index in [2.05, 4.69) is 0 Å². The Balaban J connectivity index is 0. The molecule has 0 aliphatic heterocycles. The maximum absolute atomic E-state index is 0. The molecule has 0 saturated heterocycles. The third kappa shape index (κ3) is 8.95. The first-order valence-electron chi connectivity index (χ1n) is 0. The van der Waals surface area contributed by atoms with Gasteiger partial charge in [-0.05, 0) is 0 Å². The van der Waals surface area contributed by atoms with Crippen LogP contribution in [0.3, 0.4) is 0 Å². The molecule has 2 N–H and O–H groups in total. The largest absolute Gasteiger partial charge is 0.412 e. The van der Waals surface area contributed by atoms with E-state index in [4.69, 9.17) is 0 Å². The molecule has 4 heteroatoms. The third-order valence-corrected chi connectivity index (χ3v) is 0. The van der Waals surface area contributed by atoms with Crippen LogP contribution in [-0.2, 0) is 52.4 Å². The summed E-state index contributed by atoms with van der Waals surface area (Å²) in [6, 6.07) is 0. The molecule has 24 valence electrons. The van der Waals surface area contributed by atoms with Crippen molar-refractivity contribution in [3.63, 3.8) is 0 Å². The molecule has 0 fully saturated rings. The summed E-state index contributed by atoms with van der Waals surface area (Å²) in [7, 11) is 0. The molecule has 1 nitrogen and oxygen atoms in total. The van der Waals surface area contributed by atoms with Crippen LogP contribution in [-0.4, -0.2) is 5.48 Å². The molecular formula is H4OSZr2. The molecule has 0 aliphatic rings. The normalized spacial score (nSPS) is 0. The Bertz CT molecular complexity index is 6.00. The Kier molecular flexibility index (Phi) is 178. The van der Waals surface area contributed by atoms with Gasteiger partial charge < -0.3 is 5.48 Å². The first-order valence-corrected chi connectivity index (χ1v) is 0. The minimum Gasteiger partial charge on any atom is -0.412 e. The van der Waals surface area contributed by atoms with Crippen LogP contribution in [0.5, 0.6) is 0 Å². The molecule has 0 aliphatic carbocycles. The van der Waals surface area contributed by atoms with Gasteiger partial charge in [0, 0.05) is 52.4 Å². The molecule has 0 spiro atoms. The molecule has 0 radical (unpaired) electrons. The summed E-state index contributed by atoms with van der Waals surface area (Å²) in [6.45, 7) is 0. The second-order valence-corrected chi connectivity index (χ2v) is 0. The van der Waals surface area contributed by atoms with Gasteiger partial charge in [-0.1, -0.05) is 0 Å². The molecule has 0 saturated carbocycles. The summed E-state index contributed by atoms with van der Waals surface area (Å²) in [4.78, 5) is 0. The fraction of sp³-hybridized carbons (Fsp3) is 0. The number of rotatable bonds is 0. The topological polar surface area (TPSA) is 31.5 Å². The van der Waals surface area contributed by atoms with Crippen LogP contribution in [0.25, 0.3) is 0 Å². The van der Waals surface area contributed by atoms with Gasteiger partial charge in [0.15, 0.2) is 0 Å². The molecule has 0 unspecified atom stereocenters. The summed E-state index contributed by atoms with van der Waals surface area (Å²) >= 11 is 0. The van der Waals surface area contributed by atoms with Crippen molar-refractivity contribution in [1.82, 2.24) is 0 Å². The molecule has 0 aromatic heterocycles. The van der Waals surface area contributed by atoms with Crippen LogP contribution < -0.4 is 0 Å².